The highest BCUT2D eigenvalue weighted by Gasteiger charge is 2.19. The molecule has 0 aliphatic carbocycles. The summed E-state index contributed by atoms with van der Waals surface area (Å²) in [6.45, 7) is 5.64. The van der Waals surface area contributed by atoms with Gasteiger partial charge >= 0.3 is 6.03 Å². The van der Waals surface area contributed by atoms with Gasteiger partial charge in [0.1, 0.15) is 0 Å². The zero-order valence-corrected chi connectivity index (χ0v) is 17.1. The highest BCUT2D eigenvalue weighted by Crippen LogP contribution is 2.18. The van der Waals surface area contributed by atoms with Gasteiger partial charge in [0.25, 0.3) is 0 Å². The molecule has 0 bridgehead atoms. The van der Waals surface area contributed by atoms with E-state index in [4.69, 9.17) is 0 Å². The van der Waals surface area contributed by atoms with Gasteiger partial charge in [-0.3, -0.25) is 0 Å². The first kappa shape index (κ1) is 19.7. The molecule has 0 radical (unpaired) electrons. The Kier molecular flexibility index (Phi) is 6.08. The van der Waals surface area contributed by atoms with Crippen LogP contribution in [0.5, 0.6) is 0 Å². The van der Waals surface area contributed by atoms with Gasteiger partial charge in [0.05, 0.1) is 18.1 Å². The molecule has 0 spiro atoms. The van der Waals surface area contributed by atoms with Crippen LogP contribution in [-0.4, -0.2) is 42.2 Å². The largest absolute Gasteiger partial charge is 0.368 e. The third-order valence-corrected chi connectivity index (χ3v) is 5.17. The minimum absolute atomic E-state index is 0.309. The van der Waals surface area contributed by atoms with Crippen LogP contribution < -0.4 is 20.4 Å². The molecule has 7 heteroatoms. The number of aryl methyl sites for hydroxylation is 1. The summed E-state index contributed by atoms with van der Waals surface area (Å²) in [5.74, 6) is 0.685. The van der Waals surface area contributed by atoms with Crippen molar-refractivity contribution >= 4 is 29.0 Å². The van der Waals surface area contributed by atoms with Crippen LogP contribution in [0.15, 0.2) is 67.0 Å². The number of rotatable bonds is 5. The third-order valence-electron chi connectivity index (χ3n) is 5.17. The molecular formula is C23H26N6O. The second kappa shape index (κ2) is 9.26. The van der Waals surface area contributed by atoms with Crippen LogP contribution in [0.25, 0.3) is 0 Å². The van der Waals surface area contributed by atoms with Gasteiger partial charge in [0, 0.05) is 37.6 Å². The number of carbonyl (C=O) groups is 1. The molecule has 0 saturated carbocycles. The third kappa shape index (κ3) is 4.86. The number of nitrogens with one attached hydrogen (secondary N) is 2. The van der Waals surface area contributed by atoms with Gasteiger partial charge in [-0.2, -0.15) is 0 Å². The number of amides is 2. The number of piperazine rings is 1. The molecular weight excluding hydrogens is 376 g/mol. The van der Waals surface area contributed by atoms with Gasteiger partial charge in [-0.05, 0) is 36.2 Å². The molecule has 1 aliphatic heterocycles. The van der Waals surface area contributed by atoms with E-state index in [0.29, 0.717) is 11.6 Å². The van der Waals surface area contributed by atoms with E-state index >= 15 is 0 Å². The molecule has 4 rings (SSSR count). The highest BCUT2D eigenvalue weighted by atomic mass is 16.2. The van der Waals surface area contributed by atoms with Crippen molar-refractivity contribution < 1.29 is 4.79 Å². The molecule has 154 valence electrons. The van der Waals surface area contributed by atoms with E-state index in [2.05, 4.69) is 61.6 Å². The lowest BCUT2D eigenvalue weighted by Crippen LogP contribution is -2.47. The number of aromatic nitrogens is 2. The first-order valence-electron chi connectivity index (χ1n) is 10.2. The molecule has 2 aromatic carbocycles. The summed E-state index contributed by atoms with van der Waals surface area (Å²) in [6.07, 6.45) is 4.22. The minimum Gasteiger partial charge on any atom is -0.368 e. The van der Waals surface area contributed by atoms with Crippen LogP contribution in [0.4, 0.5) is 27.8 Å². The van der Waals surface area contributed by atoms with Crippen LogP contribution in [-0.2, 0) is 6.42 Å². The number of nitrogens with zero attached hydrogens (tertiary/aromatic N) is 4. The summed E-state index contributed by atoms with van der Waals surface area (Å²) in [5.41, 5.74) is 3.74. The Hall–Kier alpha value is -3.61. The quantitative estimate of drug-likeness (QED) is 0.675. The highest BCUT2D eigenvalue weighted by molar-refractivity contribution is 5.99. The fourth-order valence-electron chi connectivity index (χ4n) is 3.51. The second-order valence-electron chi connectivity index (χ2n) is 7.21. The monoisotopic (exact) mass is 402 g/mol. The predicted octanol–water partition coefficient (Wildman–Crippen LogP) is 4.01. The molecule has 3 aromatic rings. The Bertz CT molecular complexity index is 968. The standard InChI is InChI=1S/C23H26N6O/c1-2-18-7-6-8-19(15-18)26-23(30)27-20-16-24-22(25-17-20)29-13-11-28(12-14-29)21-9-4-3-5-10-21/h3-10,15-17H,2,11-14H2,1H3,(H2,26,27,30). The summed E-state index contributed by atoms with van der Waals surface area (Å²) in [5, 5.41) is 5.63. The number of hydrogen-bond acceptors (Lipinski definition) is 5. The average molecular weight is 403 g/mol. The maximum absolute atomic E-state index is 12.2. The van der Waals surface area contributed by atoms with Gasteiger partial charge in [-0.1, -0.05) is 37.3 Å². The lowest BCUT2D eigenvalue weighted by Gasteiger charge is -2.36. The Labute approximate surface area is 176 Å². The van der Waals surface area contributed by atoms with E-state index in [-0.39, 0.29) is 6.03 Å². The lowest BCUT2D eigenvalue weighted by molar-refractivity contribution is 0.262. The van der Waals surface area contributed by atoms with Crippen LogP contribution in [0.1, 0.15) is 12.5 Å². The molecule has 7 nitrogen and oxygen atoms in total. The predicted molar refractivity (Wildman–Crippen MR) is 121 cm³/mol. The molecule has 0 atom stereocenters. The van der Waals surface area contributed by atoms with E-state index < -0.39 is 0 Å². The van der Waals surface area contributed by atoms with E-state index in [1.54, 1.807) is 12.4 Å². The Morgan fingerprint density at radius 1 is 0.867 bits per heavy atom. The topological polar surface area (TPSA) is 73.4 Å². The van der Waals surface area contributed by atoms with Crippen molar-refractivity contribution in [1.82, 2.24) is 9.97 Å². The Balaban J connectivity index is 1.30. The maximum Gasteiger partial charge on any atom is 0.323 e. The van der Waals surface area contributed by atoms with Crippen molar-refractivity contribution in [1.29, 1.82) is 0 Å². The summed E-state index contributed by atoms with van der Waals surface area (Å²) in [6, 6.07) is 17.9. The maximum atomic E-state index is 12.2. The minimum atomic E-state index is -0.309. The van der Waals surface area contributed by atoms with Crippen LogP contribution in [0.3, 0.4) is 0 Å². The van der Waals surface area contributed by atoms with E-state index in [1.165, 1.54) is 11.3 Å². The van der Waals surface area contributed by atoms with E-state index in [9.17, 15) is 4.79 Å². The summed E-state index contributed by atoms with van der Waals surface area (Å²) < 4.78 is 0. The molecule has 30 heavy (non-hydrogen) atoms. The Morgan fingerprint density at radius 2 is 1.53 bits per heavy atom. The number of anilines is 4. The average Bonchev–Trinajstić information content (AvgIpc) is 2.80. The molecule has 1 saturated heterocycles. The first-order valence-corrected chi connectivity index (χ1v) is 10.2. The Morgan fingerprint density at radius 3 is 2.23 bits per heavy atom. The number of benzene rings is 2. The fraction of sp³-hybridized carbons (Fsp3) is 0.261. The lowest BCUT2D eigenvalue weighted by atomic mass is 10.1. The van der Waals surface area contributed by atoms with Gasteiger partial charge in [-0.15, -0.1) is 0 Å². The van der Waals surface area contributed by atoms with Crippen molar-refractivity contribution in [2.75, 3.05) is 46.6 Å². The van der Waals surface area contributed by atoms with Crippen LogP contribution in [0.2, 0.25) is 0 Å². The molecule has 1 aliphatic rings. The zero-order valence-electron chi connectivity index (χ0n) is 17.1. The zero-order chi connectivity index (χ0) is 20.8. The van der Waals surface area contributed by atoms with Crippen molar-refractivity contribution in [3.63, 3.8) is 0 Å². The summed E-state index contributed by atoms with van der Waals surface area (Å²) in [4.78, 5) is 25.7. The van der Waals surface area contributed by atoms with Crippen molar-refractivity contribution in [2.24, 2.45) is 0 Å². The number of para-hydroxylation sites is 1. The van der Waals surface area contributed by atoms with Crippen molar-refractivity contribution in [3.8, 4) is 0 Å². The smallest absolute Gasteiger partial charge is 0.323 e. The van der Waals surface area contributed by atoms with Crippen LogP contribution >= 0.6 is 0 Å². The first-order chi connectivity index (χ1) is 14.7. The molecule has 2 amide bonds. The number of carbonyl (C=O) groups excluding carboxylic acids is 1. The normalized spacial score (nSPS) is 13.8. The molecule has 1 fully saturated rings. The van der Waals surface area contributed by atoms with Gasteiger partial charge in [0.2, 0.25) is 5.95 Å². The van der Waals surface area contributed by atoms with Crippen molar-refractivity contribution in [3.05, 3.63) is 72.6 Å². The van der Waals surface area contributed by atoms with Crippen molar-refractivity contribution in [2.45, 2.75) is 13.3 Å². The summed E-state index contributed by atoms with van der Waals surface area (Å²) >= 11 is 0. The van der Waals surface area contributed by atoms with Gasteiger partial charge in [0.15, 0.2) is 0 Å². The van der Waals surface area contributed by atoms with Gasteiger partial charge < -0.3 is 20.4 Å². The number of hydrogen-bond donors (Lipinski definition) is 2. The van der Waals surface area contributed by atoms with Gasteiger partial charge in [-0.25, -0.2) is 14.8 Å². The molecule has 1 aromatic heterocycles. The summed E-state index contributed by atoms with van der Waals surface area (Å²) in [7, 11) is 0. The van der Waals surface area contributed by atoms with E-state index in [1.807, 2.05) is 30.3 Å². The number of urea groups is 1. The second-order valence-corrected chi connectivity index (χ2v) is 7.21. The molecule has 2 heterocycles. The molecule has 2 N–H and O–H groups in total. The van der Waals surface area contributed by atoms with Crippen LogP contribution in [0, 0.1) is 0 Å². The molecule has 0 unspecified atom stereocenters. The SMILES string of the molecule is CCc1cccc(NC(=O)Nc2cnc(N3CCN(c4ccccc4)CC3)nc2)c1. The van der Waals surface area contributed by atoms with E-state index in [0.717, 1.165) is 38.3 Å². The fourth-order valence-corrected chi connectivity index (χ4v) is 3.51.